The van der Waals surface area contributed by atoms with E-state index in [1.165, 1.54) is 11.8 Å². The molecule has 6 nitrogen and oxygen atoms in total. The third-order valence-electron chi connectivity index (χ3n) is 5.18. The number of hydrogen-bond acceptors (Lipinski definition) is 6. The maximum absolute atomic E-state index is 13.3. The van der Waals surface area contributed by atoms with Crippen LogP contribution in [0, 0.1) is 0 Å². The van der Waals surface area contributed by atoms with Gasteiger partial charge in [0, 0.05) is 17.8 Å². The average Bonchev–Trinajstić information content (AvgIpc) is 3.21. The lowest BCUT2D eigenvalue weighted by Crippen LogP contribution is -2.38. The highest BCUT2D eigenvalue weighted by molar-refractivity contribution is 8.16. The van der Waals surface area contributed by atoms with Crippen LogP contribution >= 0.6 is 11.8 Å². The predicted octanol–water partition coefficient (Wildman–Crippen LogP) is 4.49. The highest BCUT2D eigenvalue weighted by Crippen LogP contribution is 2.46. The Bertz CT molecular complexity index is 1090. The van der Waals surface area contributed by atoms with Crippen LogP contribution in [-0.4, -0.2) is 35.1 Å². The molecule has 0 saturated heterocycles. The second-order valence-electron chi connectivity index (χ2n) is 7.28. The van der Waals surface area contributed by atoms with Gasteiger partial charge >= 0.3 is 5.97 Å². The smallest absolute Gasteiger partial charge is 0.338 e. The van der Waals surface area contributed by atoms with E-state index in [9.17, 15) is 9.59 Å². The monoisotopic (exact) mass is 447 g/mol. The number of hydrogen-bond donors (Lipinski definition) is 1. The largest absolute Gasteiger partial charge is 0.463 e. The lowest BCUT2D eigenvalue weighted by molar-refractivity contribution is -0.139. The minimum atomic E-state index is -0.450. The second-order valence-corrected chi connectivity index (χ2v) is 8.12. The molecular formula is C25H25N3O3S. The first-order valence-corrected chi connectivity index (χ1v) is 11.5. The van der Waals surface area contributed by atoms with E-state index in [-0.39, 0.29) is 18.9 Å². The fourth-order valence-corrected chi connectivity index (χ4v) is 4.78. The molecule has 0 fully saturated rings. The van der Waals surface area contributed by atoms with Crippen molar-refractivity contribution in [1.82, 2.24) is 10.2 Å². The van der Waals surface area contributed by atoms with Gasteiger partial charge in [-0.25, -0.2) is 9.79 Å². The van der Waals surface area contributed by atoms with Gasteiger partial charge in [0.15, 0.2) is 5.17 Å². The van der Waals surface area contributed by atoms with E-state index >= 15 is 0 Å². The molecule has 1 unspecified atom stereocenters. The van der Waals surface area contributed by atoms with Crippen LogP contribution in [0.4, 0.5) is 0 Å². The van der Waals surface area contributed by atoms with Crippen molar-refractivity contribution in [3.63, 3.8) is 0 Å². The van der Waals surface area contributed by atoms with E-state index < -0.39 is 12.0 Å². The van der Waals surface area contributed by atoms with Gasteiger partial charge in [-0.05, 0) is 24.8 Å². The van der Waals surface area contributed by atoms with Gasteiger partial charge in [-0.3, -0.25) is 4.79 Å². The van der Waals surface area contributed by atoms with Crippen LogP contribution in [0.1, 0.15) is 37.4 Å². The number of ether oxygens (including phenoxy) is 1. The first kappa shape index (κ1) is 21.9. The van der Waals surface area contributed by atoms with Crippen LogP contribution < -0.4 is 5.32 Å². The van der Waals surface area contributed by atoms with Gasteiger partial charge in [0.2, 0.25) is 5.91 Å². The van der Waals surface area contributed by atoms with Gasteiger partial charge in [-0.15, -0.1) is 0 Å². The van der Waals surface area contributed by atoms with Crippen molar-refractivity contribution in [2.24, 2.45) is 4.99 Å². The summed E-state index contributed by atoms with van der Waals surface area (Å²) >= 11 is 1.47. The molecule has 2 aliphatic heterocycles. The lowest BCUT2D eigenvalue weighted by atomic mass is 9.91. The maximum Gasteiger partial charge on any atom is 0.338 e. The Labute approximate surface area is 192 Å². The molecule has 4 rings (SSSR count). The number of amidine groups is 1. The highest BCUT2D eigenvalue weighted by Gasteiger charge is 2.42. The number of carbonyl (C=O) groups is 2. The summed E-state index contributed by atoms with van der Waals surface area (Å²) in [6.07, 6.45) is 0.208. The summed E-state index contributed by atoms with van der Waals surface area (Å²) in [5.74, 6) is -0.472. The third-order valence-corrected chi connectivity index (χ3v) is 6.07. The molecular weight excluding hydrogens is 422 g/mol. The Hall–Kier alpha value is -3.32. The molecule has 2 aromatic carbocycles. The van der Waals surface area contributed by atoms with Gasteiger partial charge in [0.25, 0.3) is 0 Å². The van der Waals surface area contributed by atoms with Gasteiger partial charge in [-0.2, -0.15) is 0 Å². The predicted molar refractivity (Wildman–Crippen MR) is 127 cm³/mol. The van der Waals surface area contributed by atoms with Crippen molar-refractivity contribution < 1.29 is 14.3 Å². The maximum atomic E-state index is 13.3. The molecule has 0 saturated carbocycles. The summed E-state index contributed by atoms with van der Waals surface area (Å²) in [6, 6.07) is 19.0. The molecule has 1 atom stereocenters. The van der Waals surface area contributed by atoms with Crippen LogP contribution in [0.2, 0.25) is 0 Å². The van der Waals surface area contributed by atoms with E-state index in [0.29, 0.717) is 17.8 Å². The van der Waals surface area contributed by atoms with E-state index in [1.807, 2.05) is 77.9 Å². The van der Waals surface area contributed by atoms with Crippen molar-refractivity contribution in [2.75, 3.05) is 13.2 Å². The molecule has 0 bridgehead atoms. The van der Waals surface area contributed by atoms with Gasteiger partial charge in [-0.1, -0.05) is 72.4 Å². The summed E-state index contributed by atoms with van der Waals surface area (Å²) in [4.78, 5) is 32.6. The number of amides is 1. The molecule has 7 heteroatoms. The number of nitrogens with zero attached hydrogens (tertiary/aromatic N) is 2. The van der Waals surface area contributed by atoms with Crippen LogP contribution in [0.25, 0.3) is 5.70 Å². The molecule has 32 heavy (non-hydrogen) atoms. The number of esters is 1. The van der Waals surface area contributed by atoms with Gasteiger partial charge in [0.1, 0.15) is 0 Å². The molecule has 2 aromatic rings. The standard InChI is InChI=1S/C25H25N3O3S/c1-3-26-20(29)15-19-16-32-25-27-22(17-11-7-5-8-12-17)21(24(30)31-4-2)23(28(19)25)18-13-9-6-10-14-18/h5-14,16,23H,3-4,15H2,1-2H3,(H,26,29). The Morgan fingerprint density at radius 3 is 2.41 bits per heavy atom. The zero-order valence-electron chi connectivity index (χ0n) is 18.1. The van der Waals surface area contributed by atoms with Crippen molar-refractivity contribution in [3.05, 3.63) is 88.5 Å². The zero-order valence-corrected chi connectivity index (χ0v) is 18.9. The van der Waals surface area contributed by atoms with E-state index in [2.05, 4.69) is 5.32 Å². The SMILES string of the molecule is CCNC(=O)CC1=CSC2=NC(c3ccccc3)=C(C(=O)OCC)C(c3ccccc3)N12. The molecule has 164 valence electrons. The summed E-state index contributed by atoms with van der Waals surface area (Å²) < 4.78 is 5.49. The van der Waals surface area contributed by atoms with Crippen LogP contribution in [0.15, 0.2) is 82.3 Å². The highest BCUT2D eigenvalue weighted by atomic mass is 32.2. The second kappa shape index (κ2) is 9.87. The lowest BCUT2D eigenvalue weighted by Gasteiger charge is -2.36. The molecule has 1 N–H and O–H groups in total. The Balaban J connectivity index is 1.88. The summed E-state index contributed by atoms with van der Waals surface area (Å²) in [6.45, 7) is 4.51. The minimum absolute atomic E-state index is 0.0667. The number of benzene rings is 2. The first-order valence-electron chi connectivity index (χ1n) is 10.7. The van der Waals surface area contributed by atoms with E-state index in [1.54, 1.807) is 6.92 Å². The number of carbonyl (C=O) groups excluding carboxylic acids is 2. The third kappa shape index (κ3) is 4.34. The number of fused-ring (bicyclic) bond motifs is 1. The zero-order chi connectivity index (χ0) is 22.5. The Morgan fingerprint density at radius 1 is 1.06 bits per heavy atom. The number of rotatable bonds is 7. The molecule has 0 aliphatic carbocycles. The quantitative estimate of drug-likeness (QED) is 0.634. The Kier molecular flexibility index (Phi) is 6.75. The van der Waals surface area contributed by atoms with Gasteiger partial charge < -0.3 is 15.0 Å². The Morgan fingerprint density at radius 2 is 1.75 bits per heavy atom. The summed E-state index contributed by atoms with van der Waals surface area (Å²) in [5, 5.41) is 5.54. The minimum Gasteiger partial charge on any atom is -0.463 e. The normalized spacial score (nSPS) is 17.4. The molecule has 2 heterocycles. The van der Waals surface area contributed by atoms with Crippen LogP contribution in [-0.2, 0) is 14.3 Å². The molecule has 2 aliphatic rings. The van der Waals surface area contributed by atoms with Crippen LogP contribution in [0.3, 0.4) is 0 Å². The van der Waals surface area contributed by atoms with Crippen molar-refractivity contribution in [1.29, 1.82) is 0 Å². The topological polar surface area (TPSA) is 71.0 Å². The van der Waals surface area contributed by atoms with Crippen LogP contribution in [0.5, 0.6) is 0 Å². The van der Waals surface area contributed by atoms with E-state index in [0.717, 1.165) is 22.0 Å². The molecule has 1 amide bonds. The number of thioether (sulfide) groups is 1. The van der Waals surface area contributed by atoms with E-state index in [4.69, 9.17) is 9.73 Å². The molecule has 0 aromatic heterocycles. The number of aliphatic imine (C=N–C) groups is 1. The molecule has 0 radical (unpaired) electrons. The van der Waals surface area contributed by atoms with Gasteiger partial charge in [0.05, 0.1) is 30.3 Å². The average molecular weight is 448 g/mol. The van der Waals surface area contributed by atoms with Crippen molar-refractivity contribution in [2.45, 2.75) is 26.3 Å². The first-order chi connectivity index (χ1) is 15.6. The number of nitrogens with one attached hydrogen (secondary N) is 1. The van der Waals surface area contributed by atoms with Crippen molar-refractivity contribution in [3.8, 4) is 0 Å². The fraction of sp³-hybridized carbons (Fsp3) is 0.240. The fourth-order valence-electron chi connectivity index (χ4n) is 3.86. The summed E-state index contributed by atoms with van der Waals surface area (Å²) in [7, 11) is 0. The molecule has 0 spiro atoms. The van der Waals surface area contributed by atoms with Crippen molar-refractivity contribution >= 4 is 34.5 Å². The summed E-state index contributed by atoms with van der Waals surface area (Å²) in [5.41, 5.74) is 3.66.